The molecule has 18 heavy (non-hydrogen) atoms. The number of hydrogen-bond donors (Lipinski definition) is 1. The number of carbonyl (C=O) groups is 1. The van der Waals surface area contributed by atoms with E-state index >= 15 is 0 Å². The van der Waals surface area contributed by atoms with Gasteiger partial charge in [-0.05, 0) is 25.0 Å². The Morgan fingerprint density at radius 1 is 1.67 bits per heavy atom. The van der Waals surface area contributed by atoms with Gasteiger partial charge in [0, 0.05) is 19.3 Å². The molecule has 5 nitrogen and oxygen atoms in total. The number of carboxylic acid groups (broad SMARTS) is 1. The normalized spacial score (nSPS) is 19.9. The molecule has 1 aromatic heterocycles. The van der Waals surface area contributed by atoms with Crippen LogP contribution >= 0.6 is 0 Å². The molecule has 98 valence electrons. The number of morpholine rings is 1. The van der Waals surface area contributed by atoms with Crippen molar-refractivity contribution in [1.29, 1.82) is 0 Å². The number of aryl methyl sites for hydroxylation is 1. The van der Waals surface area contributed by atoms with Crippen molar-refractivity contribution in [2.45, 2.75) is 26.4 Å². The van der Waals surface area contributed by atoms with Crippen molar-refractivity contribution in [3.63, 3.8) is 0 Å². The van der Waals surface area contributed by atoms with Crippen LogP contribution in [0.4, 0.5) is 5.82 Å². The highest BCUT2D eigenvalue weighted by molar-refractivity contribution is 5.87. The number of aromatic carboxylic acids is 1. The highest BCUT2D eigenvalue weighted by Crippen LogP contribution is 2.21. The van der Waals surface area contributed by atoms with Gasteiger partial charge in [0.1, 0.15) is 5.82 Å². The summed E-state index contributed by atoms with van der Waals surface area (Å²) in [6, 6.07) is 1.67. The summed E-state index contributed by atoms with van der Waals surface area (Å²) in [6.45, 7) is 6.31. The quantitative estimate of drug-likeness (QED) is 0.884. The fourth-order valence-electron chi connectivity index (χ4n) is 2.17. The molecule has 0 bridgehead atoms. The van der Waals surface area contributed by atoms with E-state index in [0.29, 0.717) is 6.61 Å². The second-order valence-corrected chi connectivity index (χ2v) is 4.52. The van der Waals surface area contributed by atoms with E-state index in [1.54, 1.807) is 6.07 Å². The lowest BCUT2D eigenvalue weighted by atomic mass is 10.1. The molecule has 1 N–H and O–H groups in total. The van der Waals surface area contributed by atoms with Crippen LogP contribution in [0, 0.1) is 6.92 Å². The number of pyridine rings is 1. The van der Waals surface area contributed by atoms with Crippen LogP contribution in [-0.4, -0.2) is 41.9 Å². The first-order valence-corrected chi connectivity index (χ1v) is 6.18. The first-order chi connectivity index (χ1) is 8.61. The Kier molecular flexibility index (Phi) is 3.81. The number of nitrogens with zero attached hydrogens (tertiary/aromatic N) is 2. The molecule has 1 fully saturated rings. The minimum atomic E-state index is -0.939. The van der Waals surface area contributed by atoms with Crippen LogP contribution < -0.4 is 4.90 Å². The molecule has 1 aromatic rings. The van der Waals surface area contributed by atoms with E-state index in [-0.39, 0.29) is 11.7 Å². The maximum absolute atomic E-state index is 10.9. The van der Waals surface area contributed by atoms with Crippen molar-refractivity contribution < 1.29 is 14.6 Å². The lowest BCUT2D eigenvalue weighted by Crippen LogP contribution is -2.43. The molecule has 1 aliphatic rings. The van der Waals surface area contributed by atoms with Crippen molar-refractivity contribution >= 4 is 11.8 Å². The molecule has 0 saturated carbocycles. The molecule has 1 saturated heterocycles. The molecule has 1 atom stereocenters. The van der Waals surface area contributed by atoms with Crippen LogP contribution in [0.15, 0.2) is 12.3 Å². The van der Waals surface area contributed by atoms with Crippen molar-refractivity contribution in [2.24, 2.45) is 0 Å². The Hall–Kier alpha value is -1.62. The Morgan fingerprint density at radius 2 is 2.44 bits per heavy atom. The van der Waals surface area contributed by atoms with Gasteiger partial charge >= 0.3 is 5.97 Å². The summed E-state index contributed by atoms with van der Waals surface area (Å²) in [5, 5.41) is 8.92. The van der Waals surface area contributed by atoms with Gasteiger partial charge in [0.25, 0.3) is 0 Å². The topological polar surface area (TPSA) is 62.7 Å². The number of anilines is 1. The lowest BCUT2D eigenvalue weighted by Gasteiger charge is -2.34. The van der Waals surface area contributed by atoms with Gasteiger partial charge in [-0.2, -0.15) is 0 Å². The zero-order valence-corrected chi connectivity index (χ0v) is 10.7. The van der Waals surface area contributed by atoms with E-state index in [4.69, 9.17) is 9.84 Å². The molecule has 0 amide bonds. The maximum Gasteiger partial charge on any atom is 0.337 e. The summed E-state index contributed by atoms with van der Waals surface area (Å²) in [7, 11) is 0. The zero-order valence-electron chi connectivity index (χ0n) is 10.7. The van der Waals surface area contributed by atoms with Gasteiger partial charge in [-0.25, -0.2) is 9.78 Å². The van der Waals surface area contributed by atoms with Gasteiger partial charge in [-0.15, -0.1) is 0 Å². The third kappa shape index (κ3) is 2.61. The van der Waals surface area contributed by atoms with Gasteiger partial charge in [0.15, 0.2) is 0 Å². The number of aromatic nitrogens is 1. The second-order valence-electron chi connectivity index (χ2n) is 4.52. The molecule has 1 aliphatic heterocycles. The average Bonchev–Trinajstić information content (AvgIpc) is 2.38. The molecule has 0 aliphatic carbocycles. The highest BCUT2D eigenvalue weighted by atomic mass is 16.5. The summed E-state index contributed by atoms with van der Waals surface area (Å²) in [6.07, 6.45) is 2.63. The molecule has 0 radical (unpaired) electrons. The summed E-state index contributed by atoms with van der Waals surface area (Å²) in [5.74, 6) is -0.0766. The molecule has 0 spiro atoms. The smallest absolute Gasteiger partial charge is 0.337 e. The van der Waals surface area contributed by atoms with E-state index in [0.717, 1.165) is 30.9 Å². The summed E-state index contributed by atoms with van der Waals surface area (Å²) in [4.78, 5) is 17.3. The predicted molar refractivity (Wildman–Crippen MR) is 68.2 cm³/mol. The molecular weight excluding hydrogens is 232 g/mol. The lowest BCUT2D eigenvalue weighted by molar-refractivity contribution is 0.0381. The van der Waals surface area contributed by atoms with Crippen LogP contribution in [0.1, 0.15) is 29.3 Å². The largest absolute Gasteiger partial charge is 0.478 e. The third-order valence-electron chi connectivity index (χ3n) is 3.19. The van der Waals surface area contributed by atoms with Gasteiger partial charge in [0.05, 0.1) is 18.3 Å². The van der Waals surface area contributed by atoms with E-state index in [2.05, 4.69) is 16.8 Å². The Morgan fingerprint density at radius 3 is 3.06 bits per heavy atom. The van der Waals surface area contributed by atoms with Crippen molar-refractivity contribution in [3.8, 4) is 0 Å². The van der Waals surface area contributed by atoms with Crippen LogP contribution in [0.5, 0.6) is 0 Å². The number of ether oxygens (including phenoxy) is 1. The summed E-state index contributed by atoms with van der Waals surface area (Å²) >= 11 is 0. The van der Waals surface area contributed by atoms with Gasteiger partial charge in [0.2, 0.25) is 0 Å². The van der Waals surface area contributed by atoms with Crippen LogP contribution in [0.3, 0.4) is 0 Å². The number of hydrogen-bond acceptors (Lipinski definition) is 4. The monoisotopic (exact) mass is 250 g/mol. The molecule has 0 aromatic carbocycles. The SMILES string of the molecule is CCC1CN(c2ncc(C(=O)O)cc2C)CCO1. The fourth-order valence-corrected chi connectivity index (χ4v) is 2.17. The number of rotatable bonds is 3. The molecule has 5 heteroatoms. The van der Waals surface area contributed by atoms with Crippen molar-refractivity contribution in [1.82, 2.24) is 4.98 Å². The minimum Gasteiger partial charge on any atom is -0.478 e. The summed E-state index contributed by atoms with van der Waals surface area (Å²) < 4.78 is 5.62. The molecule has 2 rings (SSSR count). The average molecular weight is 250 g/mol. The molecule has 2 heterocycles. The van der Waals surface area contributed by atoms with Crippen LogP contribution in [0.25, 0.3) is 0 Å². The van der Waals surface area contributed by atoms with Crippen molar-refractivity contribution in [2.75, 3.05) is 24.6 Å². The predicted octanol–water partition coefficient (Wildman–Crippen LogP) is 1.70. The molecule has 1 unspecified atom stereocenters. The Labute approximate surface area is 106 Å². The first-order valence-electron chi connectivity index (χ1n) is 6.18. The maximum atomic E-state index is 10.9. The fraction of sp³-hybridized carbons (Fsp3) is 0.538. The van der Waals surface area contributed by atoms with Gasteiger partial charge in [-0.1, -0.05) is 6.92 Å². The second kappa shape index (κ2) is 5.35. The van der Waals surface area contributed by atoms with E-state index in [1.807, 2.05) is 6.92 Å². The van der Waals surface area contributed by atoms with Crippen LogP contribution in [-0.2, 0) is 4.74 Å². The van der Waals surface area contributed by atoms with Crippen LogP contribution in [0.2, 0.25) is 0 Å². The highest BCUT2D eigenvalue weighted by Gasteiger charge is 2.21. The van der Waals surface area contributed by atoms with E-state index in [9.17, 15) is 4.79 Å². The summed E-state index contributed by atoms with van der Waals surface area (Å²) in [5.41, 5.74) is 1.13. The Balaban J connectivity index is 2.20. The standard InChI is InChI=1S/C13H18N2O3/c1-3-11-8-15(4-5-18-11)12-9(2)6-10(7-14-12)13(16)17/h6-7,11H,3-5,8H2,1-2H3,(H,16,17). The van der Waals surface area contributed by atoms with Gasteiger partial charge in [-0.3, -0.25) is 0 Å². The van der Waals surface area contributed by atoms with E-state index in [1.165, 1.54) is 6.20 Å². The zero-order chi connectivity index (χ0) is 13.1. The van der Waals surface area contributed by atoms with E-state index < -0.39 is 5.97 Å². The first kappa shape index (κ1) is 12.8. The molecular formula is C13H18N2O3. The minimum absolute atomic E-state index is 0.233. The van der Waals surface area contributed by atoms with Crippen molar-refractivity contribution in [3.05, 3.63) is 23.4 Å². The third-order valence-corrected chi connectivity index (χ3v) is 3.19. The number of carboxylic acids is 1. The van der Waals surface area contributed by atoms with Gasteiger partial charge < -0.3 is 14.7 Å². The Bertz CT molecular complexity index is 448.